The molecule has 0 aliphatic heterocycles. The van der Waals surface area contributed by atoms with Gasteiger partial charge in [-0.3, -0.25) is 4.79 Å². The van der Waals surface area contributed by atoms with Gasteiger partial charge in [0.1, 0.15) is 5.69 Å². The molecule has 4 rings (SSSR count). The van der Waals surface area contributed by atoms with Crippen molar-refractivity contribution in [3.63, 3.8) is 0 Å². The molecule has 0 unspecified atom stereocenters. The summed E-state index contributed by atoms with van der Waals surface area (Å²) in [6, 6.07) is 10.2. The number of aromatic amines is 1. The molecule has 3 N–H and O–H groups in total. The van der Waals surface area contributed by atoms with Crippen LogP contribution in [0.15, 0.2) is 30.3 Å². The van der Waals surface area contributed by atoms with E-state index in [-0.39, 0.29) is 11.6 Å². The van der Waals surface area contributed by atoms with Gasteiger partial charge >= 0.3 is 5.97 Å². The van der Waals surface area contributed by atoms with Crippen molar-refractivity contribution >= 4 is 33.6 Å². The highest BCUT2D eigenvalue weighted by molar-refractivity contribution is 6.10. The van der Waals surface area contributed by atoms with Crippen LogP contribution in [-0.4, -0.2) is 28.5 Å². The molecule has 1 saturated carbocycles. The van der Waals surface area contributed by atoms with Gasteiger partial charge in [0.15, 0.2) is 0 Å². The molecule has 1 aliphatic rings. The molecule has 0 spiro atoms. The number of aromatic carboxylic acids is 1. The largest absolute Gasteiger partial charge is 0.477 e. The average molecular weight is 350 g/mol. The minimum atomic E-state index is -0.959. The van der Waals surface area contributed by atoms with Crippen molar-refractivity contribution in [1.29, 1.82) is 0 Å². The Hall–Kier alpha value is -2.82. The second kappa shape index (κ2) is 6.48. The van der Waals surface area contributed by atoms with Crippen LogP contribution in [0.3, 0.4) is 0 Å². The van der Waals surface area contributed by atoms with Crippen molar-refractivity contribution in [1.82, 2.24) is 10.3 Å². The smallest absolute Gasteiger partial charge is 0.352 e. The summed E-state index contributed by atoms with van der Waals surface area (Å²) in [7, 11) is 0. The third-order valence-corrected chi connectivity index (χ3v) is 5.08. The lowest BCUT2D eigenvalue weighted by atomic mass is 9.94. The van der Waals surface area contributed by atoms with E-state index in [1.54, 1.807) is 6.07 Å². The summed E-state index contributed by atoms with van der Waals surface area (Å²) < 4.78 is 0. The van der Waals surface area contributed by atoms with E-state index in [0.29, 0.717) is 6.54 Å². The Kier molecular flexibility index (Phi) is 4.15. The minimum absolute atomic E-state index is 0.0385. The van der Waals surface area contributed by atoms with Crippen molar-refractivity contribution in [2.45, 2.75) is 32.6 Å². The Morgan fingerprint density at radius 3 is 2.73 bits per heavy atom. The zero-order valence-corrected chi connectivity index (χ0v) is 14.8. The molecule has 1 aliphatic carbocycles. The number of carboxylic acids is 1. The van der Waals surface area contributed by atoms with Gasteiger partial charge in [-0.2, -0.15) is 0 Å². The number of rotatable bonds is 6. The lowest BCUT2D eigenvalue weighted by Gasteiger charge is -2.12. The zero-order chi connectivity index (χ0) is 18.3. The second-order valence-corrected chi connectivity index (χ2v) is 7.25. The number of benzene rings is 2. The maximum absolute atomic E-state index is 11.3. The summed E-state index contributed by atoms with van der Waals surface area (Å²) in [6.07, 6.45) is 4.42. The van der Waals surface area contributed by atoms with Crippen LogP contribution in [0.1, 0.15) is 41.4 Å². The first-order chi connectivity index (χ1) is 12.5. The molecule has 0 saturated heterocycles. The lowest BCUT2D eigenvalue weighted by Crippen LogP contribution is -2.22. The monoisotopic (exact) mass is 350 g/mol. The van der Waals surface area contributed by atoms with E-state index in [9.17, 15) is 14.7 Å². The van der Waals surface area contributed by atoms with Crippen LogP contribution in [0.4, 0.5) is 0 Å². The molecule has 1 heterocycles. The van der Waals surface area contributed by atoms with Crippen molar-refractivity contribution < 1.29 is 14.7 Å². The highest BCUT2D eigenvalue weighted by atomic mass is 16.4. The predicted octanol–water partition coefficient (Wildman–Crippen LogP) is 3.65. The number of aromatic nitrogens is 1. The topological polar surface area (TPSA) is 82.2 Å². The summed E-state index contributed by atoms with van der Waals surface area (Å²) >= 11 is 0. The molecule has 5 nitrogen and oxygen atoms in total. The number of amides is 1. The lowest BCUT2D eigenvalue weighted by molar-refractivity contribution is -0.118. The molecule has 1 fully saturated rings. The number of fused-ring (bicyclic) bond motifs is 3. The van der Waals surface area contributed by atoms with Crippen LogP contribution in [0.2, 0.25) is 0 Å². The molecule has 26 heavy (non-hydrogen) atoms. The number of hydrogen-bond donors (Lipinski definition) is 3. The number of hydrogen-bond acceptors (Lipinski definition) is 2. The molecule has 3 aromatic rings. The third kappa shape index (κ3) is 3.29. The van der Waals surface area contributed by atoms with E-state index in [2.05, 4.69) is 28.5 Å². The van der Waals surface area contributed by atoms with E-state index in [0.717, 1.165) is 46.0 Å². The fourth-order valence-corrected chi connectivity index (χ4v) is 3.70. The van der Waals surface area contributed by atoms with Gasteiger partial charge in [0.25, 0.3) is 0 Å². The van der Waals surface area contributed by atoms with Crippen molar-refractivity contribution in [3.05, 3.63) is 47.2 Å². The van der Waals surface area contributed by atoms with Gasteiger partial charge in [0, 0.05) is 24.4 Å². The van der Waals surface area contributed by atoms with E-state index >= 15 is 0 Å². The van der Waals surface area contributed by atoms with Gasteiger partial charge in [0.05, 0.1) is 0 Å². The third-order valence-electron chi connectivity index (χ3n) is 5.08. The zero-order valence-electron chi connectivity index (χ0n) is 14.8. The molecule has 2 aromatic carbocycles. The summed E-state index contributed by atoms with van der Waals surface area (Å²) in [5, 5.41) is 15.3. The maximum atomic E-state index is 11.3. The van der Waals surface area contributed by atoms with Gasteiger partial charge in [-0.25, -0.2) is 4.79 Å². The van der Waals surface area contributed by atoms with E-state index in [1.165, 1.54) is 25.3 Å². The highest BCUT2D eigenvalue weighted by Crippen LogP contribution is 2.36. The van der Waals surface area contributed by atoms with Crippen LogP contribution < -0.4 is 5.32 Å². The highest BCUT2D eigenvalue weighted by Gasteiger charge is 2.22. The normalized spacial score (nSPS) is 14.0. The molecule has 1 amide bonds. The fourth-order valence-electron chi connectivity index (χ4n) is 3.70. The first kappa shape index (κ1) is 16.6. The van der Waals surface area contributed by atoms with Crippen molar-refractivity contribution in [2.24, 2.45) is 5.92 Å². The van der Waals surface area contributed by atoms with Gasteiger partial charge in [-0.15, -0.1) is 0 Å². The van der Waals surface area contributed by atoms with Crippen molar-refractivity contribution in [3.8, 4) is 0 Å². The standard InChI is InChI=1S/C21H22N2O3/c1-12(24)22-7-6-16-10-14(8-13-2-3-13)9-15-4-5-18-17(20(15)16)11-19(23-18)21(25)26/h4-5,9-11,13,23H,2-3,6-8H2,1H3,(H,22,24)(H,25,26). The Morgan fingerprint density at radius 2 is 2.04 bits per heavy atom. The second-order valence-electron chi connectivity index (χ2n) is 7.25. The first-order valence-corrected chi connectivity index (χ1v) is 9.06. The predicted molar refractivity (Wildman–Crippen MR) is 102 cm³/mol. The molecule has 1 aromatic heterocycles. The Labute approximate surface area is 151 Å². The Balaban J connectivity index is 1.84. The van der Waals surface area contributed by atoms with Crippen molar-refractivity contribution in [2.75, 3.05) is 6.54 Å². The molecule has 0 radical (unpaired) electrons. The number of H-pyrrole nitrogens is 1. The fraction of sp³-hybridized carbons (Fsp3) is 0.333. The molecule has 5 heteroatoms. The Morgan fingerprint density at radius 1 is 1.23 bits per heavy atom. The number of carbonyl (C=O) groups excluding carboxylic acids is 1. The van der Waals surface area contributed by atoms with E-state index in [1.807, 2.05) is 6.07 Å². The summed E-state index contributed by atoms with van der Waals surface area (Å²) in [5.41, 5.74) is 3.51. The number of carbonyl (C=O) groups is 2. The van der Waals surface area contributed by atoms with E-state index in [4.69, 9.17) is 0 Å². The SMILES string of the molecule is CC(=O)NCCc1cc(CC2CC2)cc2ccc3[nH]c(C(=O)O)cc3c12. The van der Waals surface area contributed by atoms with Gasteiger partial charge in [-0.05, 0) is 65.6 Å². The van der Waals surface area contributed by atoms with Gasteiger partial charge < -0.3 is 15.4 Å². The van der Waals surface area contributed by atoms with E-state index < -0.39 is 5.97 Å². The molecular formula is C21H22N2O3. The summed E-state index contributed by atoms with van der Waals surface area (Å²) in [5.74, 6) is -0.201. The molecular weight excluding hydrogens is 328 g/mol. The van der Waals surface area contributed by atoms with Crippen LogP contribution in [0.25, 0.3) is 21.7 Å². The summed E-state index contributed by atoms with van der Waals surface area (Å²) in [6.45, 7) is 2.09. The molecule has 0 atom stereocenters. The number of nitrogens with one attached hydrogen (secondary N) is 2. The van der Waals surface area contributed by atoms with Gasteiger partial charge in [-0.1, -0.05) is 18.2 Å². The van der Waals surface area contributed by atoms with Gasteiger partial charge in [0.2, 0.25) is 5.91 Å². The number of carboxylic acid groups (broad SMARTS) is 1. The summed E-state index contributed by atoms with van der Waals surface area (Å²) in [4.78, 5) is 25.5. The molecule has 0 bridgehead atoms. The Bertz CT molecular complexity index is 1010. The van der Waals surface area contributed by atoms with Crippen LogP contribution in [0, 0.1) is 5.92 Å². The maximum Gasteiger partial charge on any atom is 0.352 e. The quantitative estimate of drug-likeness (QED) is 0.635. The average Bonchev–Trinajstić information content (AvgIpc) is 3.28. The first-order valence-electron chi connectivity index (χ1n) is 9.06. The van der Waals surface area contributed by atoms with Crippen LogP contribution in [0.5, 0.6) is 0 Å². The van der Waals surface area contributed by atoms with Crippen LogP contribution in [-0.2, 0) is 17.6 Å². The minimum Gasteiger partial charge on any atom is -0.477 e. The molecule has 134 valence electrons. The van der Waals surface area contributed by atoms with Crippen LogP contribution >= 0.6 is 0 Å².